The van der Waals surface area contributed by atoms with E-state index < -0.39 is 10.0 Å². The van der Waals surface area contributed by atoms with Gasteiger partial charge in [-0.25, -0.2) is 23.5 Å². The van der Waals surface area contributed by atoms with Crippen LogP contribution >= 0.6 is 0 Å². The summed E-state index contributed by atoms with van der Waals surface area (Å²) in [4.78, 5) is 9.61. The maximum absolute atomic E-state index is 11.3. The Morgan fingerprint density at radius 3 is 2.54 bits per heavy atom. The number of sulfonamides is 1. The van der Waals surface area contributed by atoms with Crippen molar-refractivity contribution in [3.63, 3.8) is 0 Å². The lowest BCUT2D eigenvalue weighted by Gasteiger charge is -2.12. The second-order valence-corrected chi connectivity index (χ2v) is 8.09. The number of primary sulfonamides is 1. The molecule has 7 heteroatoms. The van der Waals surface area contributed by atoms with Crippen LogP contribution in [0.15, 0.2) is 29.2 Å². The molecule has 2 aliphatic rings. The lowest BCUT2D eigenvalue weighted by molar-refractivity contribution is 0.598. The summed E-state index contributed by atoms with van der Waals surface area (Å²) in [6, 6.07) is 6.62. The molecule has 0 atom stereocenters. The van der Waals surface area contributed by atoms with Crippen LogP contribution in [0.5, 0.6) is 0 Å². The molecule has 4 rings (SSSR count). The first-order chi connectivity index (χ1) is 11.5. The molecule has 0 aliphatic heterocycles. The Bertz CT molecular complexity index is 874. The van der Waals surface area contributed by atoms with E-state index in [9.17, 15) is 8.42 Å². The van der Waals surface area contributed by atoms with E-state index in [0.29, 0.717) is 12.5 Å². The van der Waals surface area contributed by atoms with Crippen LogP contribution in [-0.4, -0.2) is 18.4 Å². The van der Waals surface area contributed by atoms with Gasteiger partial charge in [0, 0.05) is 23.7 Å². The Balaban J connectivity index is 1.53. The molecule has 126 valence electrons. The monoisotopic (exact) mass is 344 g/mol. The highest BCUT2D eigenvalue weighted by atomic mass is 32.2. The number of nitrogens with one attached hydrogen (secondary N) is 1. The van der Waals surface area contributed by atoms with Gasteiger partial charge >= 0.3 is 0 Å². The molecule has 0 unspecified atom stereocenters. The van der Waals surface area contributed by atoms with Crippen molar-refractivity contribution in [2.45, 2.75) is 49.5 Å². The van der Waals surface area contributed by atoms with Gasteiger partial charge in [0.05, 0.1) is 4.90 Å². The smallest absolute Gasteiger partial charge is 0.238 e. The number of rotatable bonds is 5. The van der Waals surface area contributed by atoms with E-state index in [2.05, 4.69) is 5.32 Å². The molecule has 2 aromatic rings. The summed E-state index contributed by atoms with van der Waals surface area (Å²) in [7, 11) is -3.64. The molecule has 0 radical (unpaired) electrons. The molecule has 1 heterocycles. The van der Waals surface area contributed by atoms with Crippen molar-refractivity contribution in [1.29, 1.82) is 0 Å². The van der Waals surface area contributed by atoms with Crippen molar-refractivity contribution in [2.75, 3.05) is 5.32 Å². The number of benzene rings is 1. The Morgan fingerprint density at radius 2 is 1.88 bits per heavy atom. The highest BCUT2D eigenvalue weighted by Gasteiger charge is 2.29. The number of fused-ring (bicyclic) bond motifs is 1. The first kappa shape index (κ1) is 15.5. The Kier molecular flexibility index (Phi) is 3.77. The molecule has 3 N–H and O–H groups in total. The zero-order valence-electron chi connectivity index (χ0n) is 13.3. The normalized spacial score (nSPS) is 16.9. The summed E-state index contributed by atoms with van der Waals surface area (Å²) < 4.78 is 22.6. The van der Waals surface area contributed by atoms with Crippen molar-refractivity contribution in [3.05, 3.63) is 46.9 Å². The Labute approximate surface area is 141 Å². The third-order valence-electron chi connectivity index (χ3n) is 4.60. The summed E-state index contributed by atoms with van der Waals surface area (Å²) in [5.41, 5.74) is 3.42. The topological polar surface area (TPSA) is 98.0 Å². The van der Waals surface area contributed by atoms with Crippen LogP contribution in [0, 0.1) is 0 Å². The highest BCUT2D eigenvalue weighted by molar-refractivity contribution is 7.89. The van der Waals surface area contributed by atoms with E-state index in [1.807, 2.05) is 0 Å². The summed E-state index contributed by atoms with van der Waals surface area (Å²) in [6.07, 6.45) is 5.57. The van der Waals surface area contributed by atoms with E-state index in [-0.39, 0.29) is 4.90 Å². The zero-order chi connectivity index (χ0) is 16.7. The first-order valence-corrected chi connectivity index (χ1v) is 9.80. The number of hydrogen-bond donors (Lipinski definition) is 2. The van der Waals surface area contributed by atoms with E-state index in [4.69, 9.17) is 15.1 Å². The minimum Gasteiger partial charge on any atom is -0.366 e. The van der Waals surface area contributed by atoms with Gasteiger partial charge in [0.15, 0.2) is 0 Å². The van der Waals surface area contributed by atoms with E-state index >= 15 is 0 Å². The molecule has 0 saturated heterocycles. The van der Waals surface area contributed by atoms with Crippen molar-refractivity contribution in [3.8, 4) is 0 Å². The summed E-state index contributed by atoms with van der Waals surface area (Å²) in [6.45, 7) is 0.596. The van der Waals surface area contributed by atoms with Gasteiger partial charge in [-0.2, -0.15) is 0 Å². The number of anilines is 1. The van der Waals surface area contributed by atoms with Crippen LogP contribution in [0.2, 0.25) is 0 Å². The number of nitrogens with zero attached hydrogens (tertiary/aromatic N) is 2. The van der Waals surface area contributed by atoms with Gasteiger partial charge in [0.25, 0.3) is 0 Å². The van der Waals surface area contributed by atoms with Gasteiger partial charge in [0.2, 0.25) is 10.0 Å². The molecule has 1 aromatic carbocycles. The Morgan fingerprint density at radius 1 is 1.12 bits per heavy atom. The van der Waals surface area contributed by atoms with E-state index in [1.54, 1.807) is 12.1 Å². The largest absolute Gasteiger partial charge is 0.366 e. The summed E-state index contributed by atoms with van der Waals surface area (Å²) in [5.74, 6) is 2.45. The molecule has 0 amide bonds. The fourth-order valence-electron chi connectivity index (χ4n) is 3.10. The number of hydrogen-bond acceptors (Lipinski definition) is 5. The molecule has 24 heavy (non-hydrogen) atoms. The molecule has 6 nitrogen and oxygen atoms in total. The van der Waals surface area contributed by atoms with Crippen LogP contribution in [0.25, 0.3) is 0 Å². The minimum absolute atomic E-state index is 0.130. The van der Waals surface area contributed by atoms with Crippen molar-refractivity contribution in [2.24, 2.45) is 5.14 Å². The third kappa shape index (κ3) is 3.14. The maximum Gasteiger partial charge on any atom is 0.238 e. The molecule has 1 aromatic heterocycles. The van der Waals surface area contributed by atoms with Crippen LogP contribution in [0.4, 0.5) is 5.82 Å². The SMILES string of the molecule is NS(=O)(=O)c1ccc(CNc2nc(C3CC3)nc3c2CCC3)cc1. The molecular weight excluding hydrogens is 324 g/mol. The minimum atomic E-state index is -3.64. The fraction of sp³-hybridized carbons (Fsp3) is 0.412. The number of nitrogens with two attached hydrogens (primary N) is 1. The van der Waals surface area contributed by atoms with Gasteiger partial charge in [-0.15, -0.1) is 0 Å². The summed E-state index contributed by atoms with van der Waals surface area (Å²) in [5, 5.41) is 8.53. The van der Waals surface area contributed by atoms with Crippen molar-refractivity contribution >= 4 is 15.8 Å². The first-order valence-electron chi connectivity index (χ1n) is 8.26. The lowest BCUT2D eigenvalue weighted by Crippen LogP contribution is -2.12. The van der Waals surface area contributed by atoms with Gasteiger partial charge in [-0.05, 0) is 49.8 Å². The third-order valence-corrected chi connectivity index (χ3v) is 5.53. The van der Waals surface area contributed by atoms with E-state index in [1.165, 1.54) is 36.2 Å². The standard InChI is InChI=1S/C17H20N4O2S/c18-24(22,23)13-8-4-11(5-9-13)10-19-17-14-2-1-3-15(14)20-16(21-17)12-6-7-12/h4-5,8-9,12H,1-3,6-7,10H2,(H2,18,22,23)(H,19,20,21). The van der Waals surface area contributed by atoms with Crippen molar-refractivity contribution in [1.82, 2.24) is 9.97 Å². The predicted molar refractivity (Wildman–Crippen MR) is 91.2 cm³/mol. The fourth-order valence-corrected chi connectivity index (χ4v) is 3.62. The maximum atomic E-state index is 11.3. The van der Waals surface area contributed by atoms with Gasteiger partial charge in [-0.1, -0.05) is 12.1 Å². The molecular formula is C17H20N4O2S. The molecule has 0 spiro atoms. The quantitative estimate of drug-likeness (QED) is 0.865. The lowest BCUT2D eigenvalue weighted by atomic mass is 10.2. The van der Waals surface area contributed by atoms with E-state index in [0.717, 1.165) is 36.5 Å². The molecule has 1 saturated carbocycles. The second-order valence-electron chi connectivity index (χ2n) is 6.53. The number of aryl methyl sites for hydroxylation is 1. The summed E-state index contributed by atoms with van der Waals surface area (Å²) >= 11 is 0. The predicted octanol–water partition coefficient (Wildman–Crippen LogP) is 2.10. The highest BCUT2D eigenvalue weighted by Crippen LogP contribution is 2.40. The second kappa shape index (κ2) is 5.82. The van der Waals surface area contributed by atoms with Crippen LogP contribution < -0.4 is 10.5 Å². The van der Waals surface area contributed by atoms with Crippen LogP contribution in [0.3, 0.4) is 0 Å². The van der Waals surface area contributed by atoms with Crippen LogP contribution in [-0.2, 0) is 29.4 Å². The molecule has 2 aliphatic carbocycles. The molecule has 0 bridgehead atoms. The average Bonchev–Trinajstić information content (AvgIpc) is 3.30. The number of aromatic nitrogens is 2. The van der Waals surface area contributed by atoms with Gasteiger partial charge in [0.1, 0.15) is 11.6 Å². The Hall–Kier alpha value is -1.99. The molecule has 1 fully saturated rings. The zero-order valence-corrected chi connectivity index (χ0v) is 14.1. The van der Waals surface area contributed by atoms with Crippen LogP contribution in [0.1, 0.15) is 47.8 Å². The van der Waals surface area contributed by atoms with Crippen molar-refractivity contribution < 1.29 is 8.42 Å². The van der Waals surface area contributed by atoms with Gasteiger partial charge in [-0.3, -0.25) is 0 Å². The average molecular weight is 344 g/mol. The van der Waals surface area contributed by atoms with Gasteiger partial charge < -0.3 is 5.32 Å².